The Bertz CT molecular complexity index is 591. The van der Waals surface area contributed by atoms with Gasteiger partial charge in [-0.15, -0.1) is 11.8 Å². The third-order valence-electron chi connectivity index (χ3n) is 2.73. The molecule has 1 nitrogen and oxygen atoms in total. The van der Waals surface area contributed by atoms with Gasteiger partial charge in [-0.25, -0.2) is 8.78 Å². The van der Waals surface area contributed by atoms with Gasteiger partial charge in [0.25, 0.3) is 0 Å². The van der Waals surface area contributed by atoms with Crippen molar-refractivity contribution in [3.63, 3.8) is 0 Å². The van der Waals surface area contributed by atoms with Crippen LogP contribution in [-0.4, -0.2) is 0 Å². The van der Waals surface area contributed by atoms with E-state index in [0.717, 1.165) is 11.6 Å². The molecule has 100 valence electrons. The van der Waals surface area contributed by atoms with Gasteiger partial charge >= 0.3 is 0 Å². The first-order valence-electron chi connectivity index (χ1n) is 5.90. The van der Waals surface area contributed by atoms with Crippen LogP contribution in [0.3, 0.4) is 0 Å². The fourth-order valence-electron chi connectivity index (χ4n) is 1.99. The Kier molecular flexibility index (Phi) is 4.10. The maximum Gasteiger partial charge on any atom is 0.150 e. The summed E-state index contributed by atoms with van der Waals surface area (Å²) in [6.45, 7) is 4.05. The topological polar surface area (TPSA) is 26.0 Å². The molecule has 4 heteroatoms. The van der Waals surface area contributed by atoms with Gasteiger partial charge in [0.15, 0.2) is 0 Å². The molecule has 0 fully saturated rings. The van der Waals surface area contributed by atoms with E-state index in [0.29, 0.717) is 10.6 Å². The third-order valence-corrected chi connectivity index (χ3v) is 3.86. The molecule has 0 unspecified atom stereocenters. The molecule has 0 aliphatic rings. The quantitative estimate of drug-likeness (QED) is 0.663. The van der Waals surface area contributed by atoms with Crippen LogP contribution in [0.4, 0.5) is 14.5 Å². The lowest BCUT2D eigenvalue weighted by molar-refractivity contribution is 0.581. The van der Waals surface area contributed by atoms with Gasteiger partial charge in [0.2, 0.25) is 0 Å². The molecular weight excluding hydrogens is 264 g/mol. The lowest BCUT2D eigenvalue weighted by Crippen LogP contribution is -1.95. The molecule has 0 spiro atoms. The summed E-state index contributed by atoms with van der Waals surface area (Å²) in [5.74, 6) is -0.673. The Morgan fingerprint density at radius 3 is 2.26 bits per heavy atom. The first kappa shape index (κ1) is 13.9. The Hall–Kier alpha value is -1.55. The normalized spacial score (nSPS) is 10.7. The van der Waals surface area contributed by atoms with E-state index in [1.807, 2.05) is 13.8 Å². The van der Waals surface area contributed by atoms with E-state index in [1.54, 1.807) is 0 Å². The molecule has 0 aromatic heterocycles. The molecule has 0 heterocycles. The second kappa shape index (κ2) is 5.61. The van der Waals surface area contributed by atoms with Crippen LogP contribution in [0.5, 0.6) is 0 Å². The fourth-order valence-corrected chi connectivity index (χ4v) is 2.93. The number of thioether (sulfide) groups is 1. The van der Waals surface area contributed by atoms with E-state index in [2.05, 4.69) is 18.2 Å². The van der Waals surface area contributed by atoms with Gasteiger partial charge in [-0.05, 0) is 25.5 Å². The van der Waals surface area contributed by atoms with Gasteiger partial charge in [0.05, 0.1) is 5.69 Å². The summed E-state index contributed by atoms with van der Waals surface area (Å²) in [5.41, 5.74) is 9.09. The molecule has 19 heavy (non-hydrogen) atoms. The van der Waals surface area contributed by atoms with Crippen molar-refractivity contribution >= 4 is 17.4 Å². The van der Waals surface area contributed by atoms with E-state index in [4.69, 9.17) is 5.73 Å². The molecule has 0 atom stereocenters. The van der Waals surface area contributed by atoms with Gasteiger partial charge in [-0.2, -0.15) is 0 Å². The second-order valence-electron chi connectivity index (χ2n) is 4.58. The van der Waals surface area contributed by atoms with E-state index in [1.165, 1.54) is 29.0 Å². The highest BCUT2D eigenvalue weighted by atomic mass is 32.2. The van der Waals surface area contributed by atoms with Crippen LogP contribution < -0.4 is 5.73 Å². The largest absolute Gasteiger partial charge is 0.395 e. The van der Waals surface area contributed by atoms with Crippen LogP contribution in [0.1, 0.15) is 16.7 Å². The standard InChI is InChI=1S/C15H15F2NS/c1-9-3-10(2)5-11(4-9)8-19-14-7-12(16)6-13(17)15(14)18/h3-7H,8,18H2,1-2H3. The molecule has 0 aliphatic carbocycles. The summed E-state index contributed by atoms with van der Waals surface area (Å²) in [6.07, 6.45) is 0. The van der Waals surface area contributed by atoms with Crippen molar-refractivity contribution in [1.29, 1.82) is 0 Å². The molecular formula is C15H15F2NS. The van der Waals surface area contributed by atoms with Crippen LogP contribution in [0.25, 0.3) is 0 Å². The molecule has 0 bridgehead atoms. The summed E-state index contributed by atoms with van der Waals surface area (Å²) in [6, 6.07) is 8.28. The molecule has 0 aliphatic heterocycles. The monoisotopic (exact) mass is 279 g/mol. The fraction of sp³-hybridized carbons (Fsp3) is 0.200. The highest BCUT2D eigenvalue weighted by Gasteiger charge is 2.09. The van der Waals surface area contributed by atoms with Gasteiger partial charge in [-0.3, -0.25) is 0 Å². The van der Waals surface area contributed by atoms with Crippen molar-refractivity contribution < 1.29 is 8.78 Å². The average Bonchev–Trinajstić information content (AvgIpc) is 2.30. The molecule has 0 saturated heterocycles. The van der Waals surface area contributed by atoms with E-state index in [9.17, 15) is 8.78 Å². The van der Waals surface area contributed by atoms with E-state index in [-0.39, 0.29) is 5.69 Å². The third kappa shape index (κ3) is 3.47. The molecule has 2 aromatic rings. The van der Waals surface area contributed by atoms with Crippen LogP contribution >= 0.6 is 11.8 Å². The van der Waals surface area contributed by atoms with Crippen molar-refractivity contribution in [1.82, 2.24) is 0 Å². The van der Waals surface area contributed by atoms with E-state index >= 15 is 0 Å². The zero-order valence-electron chi connectivity index (χ0n) is 10.8. The highest BCUT2D eigenvalue weighted by Crippen LogP contribution is 2.31. The van der Waals surface area contributed by atoms with Gasteiger partial charge in [0, 0.05) is 16.7 Å². The Balaban J connectivity index is 2.19. The number of benzene rings is 2. The maximum atomic E-state index is 13.3. The van der Waals surface area contributed by atoms with Crippen molar-refractivity contribution in [3.05, 3.63) is 58.7 Å². The summed E-state index contributed by atoms with van der Waals surface area (Å²) >= 11 is 1.34. The van der Waals surface area contributed by atoms with Crippen LogP contribution in [0.15, 0.2) is 35.2 Å². The van der Waals surface area contributed by atoms with Gasteiger partial charge < -0.3 is 5.73 Å². The van der Waals surface area contributed by atoms with Crippen LogP contribution in [-0.2, 0) is 5.75 Å². The highest BCUT2D eigenvalue weighted by molar-refractivity contribution is 7.98. The van der Waals surface area contributed by atoms with Gasteiger partial charge in [0.1, 0.15) is 11.6 Å². The molecule has 0 saturated carbocycles. The molecule has 2 aromatic carbocycles. The van der Waals surface area contributed by atoms with Crippen molar-refractivity contribution in [3.8, 4) is 0 Å². The van der Waals surface area contributed by atoms with Crippen molar-refractivity contribution in [2.75, 3.05) is 5.73 Å². The van der Waals surface area contributed by atoms with Crippen LogP contribution in [0, 0.1) is 25.5 Å². The SMILES string of the molecule is Cc1cc(C)cc(CSc2cc(F)cc(F)c2N)c1. The number of halogens is 2. The minimum Gasteiger partial charge on any atom is -0.395 e. The predicted octanol–water partition coefficient (Wildman–Crippen LogP) is 4.46. The molecule has 2 N–H and O–H groups in total. The number of anilines is 1. The Morgan fingerprint density at radius 1 is 1.00 bits per heavy atom. The van der Waals surface area contributed by atoms with Crippen LogP contribution in [0.2, 0.25) is 0 Å². The summed E-state index contributed by atoms with van der Waals surface area (Å²) in [5, 5.41) is 0. The predicted molar refractivity (Wildman–Crippen MR) is 76.2 cm³/mol. The van der Waals surface area contributed by atoms with Crippen molar-refractivity contribution in [2.45, 2.75) is 24.5 Å². The zero-order valence-corrected chi connectivity index (χ0v) is 11.7. The average molecular weight is 279 g/mol. The lowest BCUT2D eigenvalue weighted by atomic mass is 10.1. The zero-order chi connectivity index (χ0) is 14.0. The number of aryl methyl sites for hydroxylation is 2. The smallest absolute Gasteiger partial charge is 0.150 e. The number of nitrogen functional groups attached to an aromatic ring is 1. The summed E-state index contributed by atoms with van der Waals surface area (Å²) in [7, 11) is 0. The minimum atomic E-state index is -0.706. The lowest BCUT2D eigenvalue weighted by Gasteiger charge is -2.08. The minimum absolute atomic E-state index is 0.00998. The number of nitrogens with two attached hydrogens (primary N) is 1. The summed E-state index contributed by atoms with van der Waals surface area (Å²) in [4.78, 5) is 0.441. The van der Waals surface area contributed by atoms with Gasteiger partial charge in [-0.1, -0.05) is 29.3 Å². The molecule has 2 rings (SSSR count). The first-order valence-corrected chi connectivity index (χ1v) is 6.89. The van der Waals surface area contributed by atoms with Crippen molar-refractivity contribution in [2.24, 2.45) is 0 Å². The number of hydrogen-bond acceptors (Lipinski definition) is 2. The first-order chi connectivity index (χ1) is 8.95. The van der Waals surface area contributed by atoms with E-state index < -0.39 is 11.6 Å². The Labute approximate surface area is 115 Å². The summed E-state index contributed by atoms with van der Waals surface area (Å²) < 4.78 is 26.5. The second-order valence-corrected chi connectivity index (χ2v) is 5.60. The number of rotatable bonds is 3. The number of hydrogen-bond donors (Lipinski definition) is 1. The maximum absolute atomic E-state index is 13.3. The molecule has 0 radical (unpaired) electrons. The Morgan fingerprint density at radius 2 is 1.63 bits per heavy atom. The molecule has 0 amide bonds.